The summed E-state index contributed by atoms with van der Waals surface area (Å²) in [7, 11) is 4.18. The first kappa shape index (κ1) is 21.1. The number of ether oxygens (including phenoxy) is 9. The second-order valence-corrected chi connectivity index (χ2v) is 4.45. The van der Waals surface area contributed by atoms with Gasteiger partial charge in [-0.1, -0.05) is 0 Å². The van der Waals surface area contributed by atoms with Crippen molar-refractivity contribution in [3.8, 4) is 0 Å². The summed E-state index contributed by atoms with van der Waals surface area (Å²) in [4.78, 5) is 45.4. The Morgan fingerprint density at radius 3 is 1.65 bits per heavy atom. The van der Waals surface area contributed by atoms with Gasteiger partial charge in [-0.3, -0.25) is 0 Å². The summed E-state index contributed by atoms with van der Waals surface area (Å²) in [5, 5.41) is 0. The van der Waals surface area contributed by atoms with Gasteiger partial charge >= 0.3 is 24.6 Å². The fraction of sp³-hybridized carbons (Fsp3) is 0.692. The van der Waals surface area contributed by atoms with E-state index in [9.17, 15) is 19.2 Å². The molecular formula is C13H18O13. The van der Waals surface area contributed by atoms with Gasteiger partial charge in [0.25, 0.3) is 0 Å². The first-order valence-electron chi connectivity index (χ1n) is 6.96. The van der Waals surface area contributed by atoms with Crippen molar-refractivity contribution < 1.29 is 61.8 Å². The lowest BCUT2D eigenvalue weighted by Crippen LogP contribution is -2.42. The molecule has 1 fully saturated rings. The van der Waals surface area contributed by atoms with Crippen molar-refractivity contribution in [1.82, 2.24) is 0 Å². The maximum Gasteiger partial charge on any atom is 0.510 e. The molecule has 0 aromatic rings. The van der Waals surface area contributed by atoms with Gasteiger partial charge in [-0.15, -0.1) is 0 Å². The molecule has 0 aromatic heterocycles. The third-order valence-corrected chi connectivity index (χ3v) is 2.98. The van der Waals surface area contributed by atoms with E-state index in [2.05, 4.69) is 18.9 Å². The predicted octanol–water partition coefficient (Wildman–Crippen LogP) is 0.580. The van der Waals surface area contributed by atoms with Gasteiger partial charge in [0.1, 0.15) is 12.7 Å². The summed E-state index contributed by atoms with van der Waals surface area (Å²) in [6.07, 6.45) is -10.1. The van der Waals surface area contributed by atoms with Crippen LogP contribution in [0.2, 0.25) is 0 Å². The molecule has 13 heteroatoms. The van der Waals surface area contributed by atoms with Crippen molar-refractivity contribution in [2.45, 2.75) is 24.6 Å². The fourth-order valence-electron chi connectivity index (χ4n) is 1.86. The Hall–Kier alpha value is -2.96. The van der Waals surface area contributed by atoms with Crippen LogP contribution in [0.1, 0.15) is 0 Å². The summed E-state index contributed by atoms with van der Waals surface area (Å²) < 4.78 is 42.1. The lowest BCUT2D eigenvalue weighted by Gasteiger charge is -2.22. The summed E-state index contributed by atoms with van der Waals surface area (Å²) >= 11 is 0. The van der Waals surface area contributed by atoms with Gasteiger partial charge in [0.05, 0.1) is 28.4 Å². The Morgan fingerprint density at radius 2 is 1.15 bits per heavy atom. The van der Waals surface area contributed by atoms with Crippen LogP contribution in [0.5, 0.6) is 0 Å². The van der Waals surface area contributed by atoms with Crippen LogP contribution in [-0.4, -0.2) is 84.3 Å². The molecular weight excluding hydrogens is 364 g/mol. The van der Waals surface area contributed by atoms with Crippen LogP contribution in [-0.2, 0) is 42.6 Å². The Bertz CT molecular complexity index is 518. The van der Waals surface area contributed by atoms with Crippen molar-refractivity contribution >= 4 is 24.6 Å². The van der Waals surface area contributed by atoms with Gasteiger partial charge in [-0.25, -0.2) is 19.2 Å². The molecule has 148 valence electrons. The summed E-state index contributed by atoms with van der Waals surface area (Å²) in [5.74, 6) is 0. The molecule has 1 heterocycles. The van der Waals surface area contributed by atoms with Crippen molar-refractivity contribution in [3.63, 3.8) is 0 Å². The number of hydrogen-bond acceptors (Lipinski definition) is 13. The van der Waals surface area contributed by atoms with Crippen LogP contribution >= 0.6 is 0 Å². The highest BCUT2D eigenvalue weighted by atomic mass is 16.8. The second-order valence-electron chi connectivity index (χ2n) is 4.45. The largest absolute Gasteiger partial charge is 0.510 e. The molecule has 0 saturated carbocycles. The minimum Gasteiger partial charge on any atom is -0.438 e. The smallest absolute Gasteiger partial charge is 0.438 e. The topological polar surface area (TPSA) is 151 Å². The van der Waals surface area contributed by atoms with Crippen molar-refractivity contribution in [2.75, 3.05) is 35.0 Å². The van der Waals surface area contributed by atoms with Crippen LogP contribution in [0.3, 0.4) is 0 Å². The monoisotopic (exact) mass is 382 g/mol. The molecule has 0 bridgehead atoms. The maximum absolute atomic E-state index is 11.5. The van der Waals surface area contributed by atoms with Gasteiger partial charge in [-0.2, -0.15) is 0 Å². The standard InChI is InChI=1S/C13H18O13/c1-18-10(14)22-5-6-7(24-11(15)19-2)8(25-12(16)20-3)9(23-6)26-13(17)21-4/h6-9H,5H2,1-4H3/t6-,7-,8-,9?/m0/s1. The molecule has 1 aliphatic rings. The van der Waals surface area contributed by atoms with Gasteiger partial charge in [0.2, 0.25) is 12.4 Å². The first-order valence-corrected chi connectivity index (χ1v) is 6.96. The number of carbonyl (C=O) groups is 4. The zero-order valence-electron chi connectivity index (χ0n) is 14.3. The van der Waals surface area contributed by atoms with E-state index in [-0.39, 0.29) is 0 Å². The molecule has 1 saturated heterocycles. The lowest BCUT2D eigenvalue weighted by molar-refractivity contribution is -0.152. The molecule has 26 heavy (non-hydrogen) atoms. The van der Waals surface area contributed by atoms with Crippen LogP contribution in [0, 0.1) is 0 Å². The van der Waals surface area contributed by atoms with E-state index >= 15 is 0 Å². The third kappa shape index (κ3) is 5.84. The molecule has 1 aliphatic heterocycles. The van der Waals surface area contributed by atoms with E-state index in [1.54, 1.807) is 0 Å². The van der Waals surface area contributed by atoms with Crippen molar-refractivity contribution in [2.24, 2.45) is 0 Å². The lowest BCUT2D eigenvalue weighted by atomic mass is 10.1. The maximum atomic E-state index is 11.5. The summed E-state index contributed by atoms with van der Waals surface area (Å²) in [6.45, 7) is -0.490. The zero-order chi connectivity index (χ0) is 19.7. The predicted molar refractivity (Wildman–Crippen MR) is 75.1 cm³/mol. The van der Waals surface area contributed by atoms with Crippen molar-refractivity contribution in [1.29, 1.82) is 0 Å². The molecule has 0 spiro atoms. The van der Waals surface area contributed by atoms with Crippen LogP contribution < -0.4 is 0 Å². The quantitative estimate of drug-likeness (QED) is 0.482. The molecule has 0 aromatic carbocycles. The molecule has 0 radical (unpaired) electrons. The Labute approximate surface area is 147 Å². The molecule has 0 aliphatic carbocycles. The number of carbonyl (C=O) groups excluding carboxylic acids is 4. The molecule has 0 amide bonds. The van der Waals surface area contributed by atoms with Crippen LogP contribution in [0.4, 0.5) is 19.2 Å². The molecule has 4 atom stereocenters. The summed E-state index contributed by atoms with van der Waals surface area (Å²) in [6, 6.07) is 0. The highest BCUT2D eigenvalue weighted by Crippen LogP contribution is 2.29. The van der Waals surface area contributed by atoms with Gasteiger partial charge < -0.3 is 42.6 Å². The van der Waals surface area contributed by atoms with Gasteiger partial charge in [0, 0.05) is 0 Å². The highest BCUT2D eigenvalue weighted by Gasteiger charge is 2.53. The van der Waals surface area contributed by atoms with Gasteiger partial charge in [0.15, 0.2) is 6.10 Å². The minimum atomic E-state index is -1.55. The molecule has 1 rings (SSSR count). The van der Waals surface area contributed by atoms with Crippen molar-refractivity contribution in [3.05, 3.63) is 0 Å². The zero-order valence-corrected chi connectivity index (χ0v) is 14.3. The fourth-order valence-corrected chi connectivity index (χ4v) is 1.86. The first-order chi connectivity index (χ1) is 12.4. The molecule has 1 unspecified atom stereocenters. The number of hydrogen-bond donors (Lipinski definition) is 0. The Kier molecular flexibility index (Phi) is 8.21. The highest BCUT2D eigenvalue weighted by molar-refractivity contribution is 5.62. The van der Waals surface area contributed by atoms with E-state index in [1.807, 2.05) is 0 Å². The van der Waals surface area contributed by atoms with Crippen LogP contribution in [0.15, 0.2) is 0 Å². The van der Waals surface area contributed by atoms with E-state index in [4.69, 9.17) is 23.7 Å². The Morgan fingerprint density at radius 1 is 0.692 bits per heavy atom. The molecule has 0 N–H and O–H groups in total. The average Bonchev–Trinajstić information content (AvgIpc) is 2.95. The third-order valence-electron chi connectivity index (χ3n) is 2.98. The number of rotatable bonds is 5. The Balaban J connectivity index is 3.01. The van der Waals surface area contributed by atoms with E-state index in [1.165, 1.54) is 0 Å². The van der Waals surface area contributed by atoms with Crippen LogP contribution in [0.25, 0.3) is 0 Å². The summed E-state index contributed by atoms with van der Waals surface area (Å²) in [5.41, 5.74) is 0. The molecule has 13 nitrogen and oxygen atoms in total. The minimum absolute atomic E-state index is 0.490. The van der Waals surface area contributed by atoms with Gasteiger partial charge in [-0.05, 0) is 0 Å². The second kappa shape index (κ2) is 10.1. The SMILES string of the molecule is COC(=O)OC[C@@H]1OC(OC(=O)OC)[C@@H](OC(=O)OC)[C@H]1OC(=O)OC. The van der Waals surface area contributed by atoms with E-state index in [0.717, 1.165) is 28.4 Å². The number of methoxy groups -OCH3 is 4. The van der Waals surface area contributed by atoms with E-state index in [0.29, 0.717) is 0 Å². The van der Waals surface area contributed by atoms with E-state index < -0.39 is 55.8 Å². The average molecular weight is 382 g/mol. The normalized spacial score (nSPS) is 24.0.